The minimum Gasteiger partial charge on any atom is -0.443 e. The quantitative estimate of drug-likeness (QED) is 0.239. The van der Waals surface area contributed by atoms with Crippen molar-refractivity contribution in [3.05, 3.63) is 24.3 Å². The highest BCUT2D eigenvalue weighted by Crippen LogP contribution is 2.59. The van der Waals surface area contributed by atoms with Gasteiger partial charge in [0, 0.05) is 5.57 Å². The van der Waals surface area contributed by atoms with Gasteiger partial charge in [-0.1, -0.05) is 38.5 Å². The standard InChI is InChI=1S/C18H19N3O4/c1-5-7-20-10-14(22)21(17(20)24)11-25-16(23)15-13(18(15,3)4)8-12(6-2)9-19/h1,6,8,13,15H,2,7,10-11H2,3-4H3/b12-8-/t13-,15+/m1/s1. The van der Waals surface area contributed by atoms with Crippen LogP contribution in [0.4, 0.5) is 4.79 Å². The summed E-state index contributed by atoms with van der Waals surface area (Å²) >= 11 is 0. The second kappa shape index (κ2) is 6.82. The summed E-state index contributed by atoms with van der Waals surface area (Å²) in [4.78, 5) is 38.2. The molecular weight excluding hydrogens is 322 g/mol. The smallest absolute Gasteiger partial charge is 0.330 e. The number of amides is 3. The molecule has 0 unspecified atom stereocenters. The molecule has 130 valence electrons. The number of carbonyl (C=O) groups is 3. The molecule has 0 aromatic heterocycles. The lowest BCUT2D eigenvalue weighted by Crippen LogP contribution is -2.36. The van der Waals surface area contributed by atoms with Crippen molar-refractivity contribution in [1.82, 2.24) is 9.80 Å². The number of allylic oxidation sites excluding steroid dienone is 3. The largest absolute Gasteiger partial charge is 0.443 e. The van der Waals surface area contributed by atoms with E-state index in [2.05, 4.69) is 12.5 Å². The van der Waals surface area contributed by atoms with E-state index in [9.17, 15) is 14.4 Å². The summed E-state index contributed by atoms with van der Waals surface area (Å²) in [6.07, 6.45) is 8.27. The lowest BCUT2D eigenvalue weighted by Gasteiger charge is -2.15. The van der Waals surface area contributed by atoms with Crippen LogP contribution in [0.15, 0.2) is 24.3 Å². The summed E-state index contributed by atoms with van der Waals surface area (Å²) in [5.74, 6) is 0.731. The molecule has 1 saturated carbocycles. The summed E-state index contributed by atoms with van der Waals surface area (Å²) in [5, 5.41) is 8.97. The fourth-order valence-electron chi connectivity index (χ4n) is 2.96. The van der Waals surface area contributed by atoms with Crippen molar-refractivity contribution in [3.63, 3.8) is 0 Å². The molecule has 0 N–H and O–H groups in total. The number of hydrogen-bond acceptors (Lipinski definition) is 5. The van der Waals surface area contributed by atoms with Crippen LogP contribution in [0.25, 0.3) is 0 Å². The average Bonchev–Trinajstić information content (AvgIpc) is 3.00. The number of rotatable bonds is 6. The third-order valence-electron chi connectivity index (χ3n) is 4.62. The Kier molecular flexibility index (Phi) is 4.99. The predicted octanol–water partition coefficient (Wildman–Crippen LogP) is 1.29. The van der Waals surface area contributed by atoms with Crippen LogP contribution in [-0.2, 0) is 14.3 Å². The normalized spacial score (nSPS) is 24.6. The first-order valence-electron chi connectivity index (χ1n) is 7.71. The lowest BCUT2D eigenvalue weighted by atomic mass is 10.1. The summed E-state index contributed by atoms with van der Waals surface area (Å²) in [7, 11) is 0. The van der Waals surface area contributed by atoms with Crippen molar-refractivity contribution in [1.29, 1.82) is 5.26 Å². The van der Waals surface area contributed by atoms with Crippen molar-refractivity contribution < 1.29 is 19.1 Å². The molecule has 0 aromatic rings. The first-order valence-corrected chi connectivity index (χ1v) is 7.71. The van der Waals surface area contributed by atoms with Gasteiger partial charge in [-0.25, -0.2) is 9.69 Å². The summed E-state index contributed by atoms with van der Waals surface area (Å²) in [6, 6.07) is 1.43. The maximum absolute atomic E-state index is 12.3. The van der Waals surface area contributed by atoms with Crippen LogP contribution < -0.4 is 0 Å². The molecule has 2 rings (SSSR count). The van der Waals surface area contributed by atoms with Crippen molar-refractivity contribution in [3.8, 4) is 18.4 Å². The zero-order valence-corrected chi connectivity index (χ0v) is 14.2. The summed E-state index contributed by atoms with van der Waals surface area (Å²) in [6.45, 7) is 6.79. The minimum absolute atomic E-state index is 0.0238. The molecule has 0 aromatic carbocycles. The molecular formula is C18H19N3O4. The predicted molar refractivity (Wildman–Crippen MR) is 88.3 cm³/mol. The number of terminal acetylenes is 1. The van der Waals surface area contributed by atoms with Crippen LogP contribution >= 0.6 is 0 Å². The Bertz CT molecular complexity index is 738. The van der Waals surface area contributed by atoms with Gasteiger partial charge in [0.25, 0.3) is 5.91 Å². The van der Waals surface area contributed by atoms with E-state index in [0.29, 0.717) is 5.57 Å². The van der Waals surface area contributed by atoms with Crippen molar-refractivity contribution >= 4 is 17.9 Å². The topological polar surface area (TPSA) is 90.7 Å². The Morgan fingerprint density at radius 1 is 1.52 bits per heavy atom. The molecule has 2 atom stereocenters. The molecule has 0 spiro atoms. The molecule has 2 fully saturated rings. The minimum atomic E-state index is -0.569. The zero-order chi connectivity index (χ0) is 18.8. The maximum Gasteiger partial charge on any atom is 0.330 e. The average molecular weight is 341 g/mol. The number of carbonyl (C=O) groups excluding carboxylic acids is 3. The Labute approximate surface area is 146 Å². The van der Waals surface area contributed by atoms with Crippen LogP contribution in [0, 0.1) is 40.9 Å². The van der Waals surface area contributed by atoms with Gasteiger partial charge in [-0.05, 0) is 11.3 Å². The number of nitriles is 1. The number of nitrogens with zero attached hydrogens (tertiary/aromatic N) is 3. The highest BCUT2D eigenvalue weighted by Gasteiger charge is 2.61. The van der Waals surface area contributed by atoms with Gasteiger partial charge >= 0.3 is 12.0 Å². The molecule has 7 heteroatoms. The van der Waals surface area contributed by atoms with E-state index in [-0.39, 0.29) is 24.4 Å². The number of imide groups is 1. The molecule has 1 saturated heterocycles. The van der Waals surface area contributed by atoms with E-state index >= 15 is 0 Å². The highest BCUT2D eigenvalue weighted by molar-refractivity contribution is 6.02. The van der Waals surface area contributed by atoms with Gasteiger partial charge in [-0.15, -0.1) is 6.42 Å². The maximum atomic E-state index is 12.3. The van der Waals surface area contributed by atoms with Crippen LogP contribution in [0.2, 0.25) is 0 Å². The van der Waals surface area contributed by atoms with Gasteiger partial charge < -0.3 is 9.64 Å². The molecule has 1 aliphatic carbocycles. The van der Waals surface area contributed by atoms with Crippen LogP contribution in [0.5, 0.6) is 0 Å². The Morgan fingerprint density at radius 2 is 2.20 bits per heavy atom. The van der Waals surface area contributed by atoms with E-state index < -0.39 is 30.6 Å². The fraction of sp³-hybridized carbons (Fsp3) is 0.444. The molecule has 7 nitrogen and oxygen atoms in total. The van der Waals surface area contributed by atoms with Crippen LogP contribution in [-0.4, -0.2) is 47.5 Å². The van der Waals surface area contributed by atoms with Gasteiger partial charge in [0.15, 0.2) is 6.73 Å². The third kappa shape index (κ3) is 3.41. The van der Waals surface area contributed by atoms with Crippen molar-refractivity contribution in [2.45, 2.75) is 13.8 Å². The monoisotopic (exact) mass is 341 g/mol. The Balaban J connectivity index is 1.98. The highest BCUT2D eigenvalue weighted by atomic mass is 16.5. The fourth-order valence-corrected chi connectivity index (χ4v) is 2.96. The van der Waals surface area contributed by atoms with E-state index in [4.69, 9.17) is 16.4 Å². The second-order valence-corrected chi connectivity index (χ2v) is 6.52. The molecule has 0 radical (unpaired) electrons. The van der Waals surface area contributed by atoms with Crippen LogP contribution in [0.1, 0.15) is 13.8 Å². The summed E-state index contributed by atoms with van der Waals surface area (Å²) < 4.78 is 5.16. The van der Waals surface area contributed by atoms with Crippen molar-refractivity contribution in [2.75, 3.05) is 19.8 Å². The first-order chi connectivity index (χ1) is 11.8. The lowest BCUT2D eigenvalue weighted by molar-refractivity contribution is -0.151. The SMILES string of the molecule is C#CCN1CC(=O)N(COC(=O)[C@@H]2[C@@H](/C=C(\C#N)C=C)C2(C)C)C1=O. The van der Waals surface area contributed by atoms with E-state index in [1.807, 2.05) is 19.9 Å². The number of urea groups is 1. The van der Waals surface area contributed by atoms with E-state index in [1.54, 1.807) is 6.08 Å². The third-order valence-corrected chi connectivity index (χ3v) is 4.62. The van der Waals surface area contributed by atoms with Crippen LogP contribution in [0.3, 0.4) is 0 Å². The second-order valence-electron chi connectivity index (χ2n) is 6.52. The van der Waals surface area contributed by atoms with Gasteiger partial charge in [0.2, 0.25) is 0 Å². The molecule has 1 heterocycles. The number of esters is 1. The zero-order valence-electron chi connectivity index (χ0n) is 14.2. The van der Waals surface area contributed by atoms with Gasteiger partial charge in [0.05, 0.1) is 18.5 Å². The van der Waals surface area contributed by atoms with Gasteiger partial charge in [-0.2, -0.15) is 5.26 Å². The molecule has 25 heavy (non-hydrogen) atoms. The molecule has 2 aliphatic rings. The Morgan fingerprint density at radius 3 is 2.76 bits per heavy atom. The van der Waals surface area contributed by atoms with Crippen molar-refractivity contribution in [2.24, 2.45) is 17.3 Å². The molecule has 0 bridgehead atoms. The number of ether oxygens (including phenoxy) is 1. The molecule has 1 aliphatic heterocycles. The van der Waals surface area contributed by atoms with E-state index in [1.165, 1.54) is 11.0 Å². The number of hydrogen-bond donors (Lipinski definition) is 0. The van der Waals surface area contributed by atoms with Gasteiger partial charge in [-0.3, -0.25) is 9.59 Å². The van der Waals surface area contributed by atoms with E-state index in [0.717, 1.165) is 4.90 Å². The Hall–Kier alpha value is -3.06. The first kappa shape index (κ1) is 18.3. The van der Waals surface area contributed by atoms with Gasteiger partial charge in [0.1, 0.15) is 6.54 Å². The molecule has 3 amide bonds. The summed E-state index contributed by atoms with van der Waals surface area (Å²) in [5.41, 5.74) is 0.0275.